The Morgan fingerprint density at radius 3 is 2.41 bits per heavy atom. The van der Waals surface area contributed by atoms with E-state index in [0.717, 1.165) is 36.0 Å². The number of ketones is 1. The van der Waals surface area contributed by atoms with E-state index in [1.54, 1.807) is 4.90 Å². The highest BCUT2D eigenvalue weighted by Crippen LogP contribution is 2.46. The molecule has 1 heterocycles. The van der Waals surface area contributed by atoms with Crippen LogP contribution in [0.25, 0.3) is 0 Å². The minimum Gasteiger partial charge on any atom is -0.444 e. The van der Waals surface area contributed by atoms with Gasteiger partial charge >= 0.3 is 6.09 Å². The van der Waals surface area contributed by atoms with Crippen molar-refractivity contribution in [2.24, 2.45) is 0 Å². The summed E-state index contributed by atoms with van der Waals surface area (Å²) in [4.78, 5) is 29.1. The maximum absolute atomic E-state index is 12.9. The summed E-state index contributed by atoms with van der Waals surface area (Å²) in [5, 5.41) is 0. The van der Waals surface area contributed by atoms with Crippen molar-refractivity contribution >= 4 is 11.9 Å². The van der Waals surface area contributed by atoms with Crippen LogP contribution in [0.1, 0.15) is 56.0 Å². The lowest BCUT2D eigenvalue weighted by atomic mass is 9.63. The van der Waals surface area contributed by atoms with E-state index in [1.807, 2.05) is 64.2 Å². The fourth-order valence-corrected chi connectivity index (χ4v) is 4.16. The summed E-state index contributed by atoms with van der Waals surface area (Å²) >= 11 is 0. The summed E-state index contributed by atoms with van der Waals surface area (Å²) in [6.45, 7) is 6.95. The third-order valence-electron chi connectivity index (χ3n) is 5.35. The van der Waals surface area contributed by atoms with Crippen molar-refractivity contribution in [1.29, 1.82) is 0 Å². The number of carbonyl (C=O) groups is 2. The van der Waals surface area contributed by atoms with E-state index >= 15 is 0 Å². The van der Waals surface area contributed by atoms with Gasteiger partial charge in [0.05, 0.1) is 0 Å². The number of Topliss-reactive ketones (excluding diaryl/α,β-unsaturated/α-hetero) is 1. The number of allylic oxidation sites excluding steroid dienone is 1. The Balaban J connectivity index is 1.87. The molecular formula is C22H30N2O3. The molecule has 1 spiro atoms. The van der Waals surface area contributed by atoms with Gasteiger partial charge in [-0.1, -0.05) is 24.3 Å². The van der Waals surface area contributed by atoms with Gasteiger partial charge in [0.1, 0.15) is 5.60 Å². The SMILES string of the molecule is CN(C)C=C1CC2(CCN(C(=O)OC(C)(C)C)CC2)c2ccccc2C1=O. The van der Waals surface area contributed by atoms with Crippen LogP contribution >= 0.6 is 0 Å². The largest absolute Gasteiger partial charge is 0.444 e. The summed E-state index contributed by atoms with van der Waals surface area (Å²) in [5.74, 6) is 0.125. The highest BCUT2D eigenvalue weighted by molar-refractivity contribution is 6.11. The van der Waals surface area contributed by atoms with Crippen molar-refractivity contribution in [2.45, 2.75) is 51.0 Å². The van der Waals surface area contributed by atoms with Gasteiger partial charge in [-0.15, -0.1) is 0 Å². The van der Waals surface area contributed by atoms with E-state index in [2.05, 4.69) is 6.07 Å². The molecule has 0 N–H and O–H groups in total. The molecule has 5 nitrogen and oxygen atoms in total. The topological polar surface area (TPSA) is 49.9 Å². The minimum atomic E-state index is -0.488. The third-order valence-corrected chi connectivity index (χ3v) is 5.35. The molecule has 2 aliphatic rings. The van der Waals surface area contributed by atoms with Crippen LogP contribution < -0.4 is 0 Å². The molecule has 1 fully saturated rings. The number of hydrogen-bond donors (Lipinski definition) is 0. The number of amides is 1. The Labute approximate surface area is 162 Å². The first-order valence-corrected chi connectivity index (χ1v) is 9.61. The second-order valence-corrected chi connectivity index (χ2v) is 8.92. The first-order valence-electron chi connectivity index (χ1n) is 9.61. The Hall–Kier alpha value is -2.30. The summed E-state index contributed by atoms with van der Waals surface area (Å²) in [6, 6.07) is 7.96. The molecule has 0 bridgehead atoms. The number of fused-ring (bicyclic) bond motifs is 2. The smallest absolute Gasteiger partial charge is 0.410 e. The fourth-order valence-electron chi connectivity index (χ4n) is 4.16. The maximum atomic E-state index is 12.9. The maximum Gasteiger partial charge on any atom is 0.410 e. The molecule has 1 amide bonds. The summed E-state index contributed by atoms with van der Waals surface area (Å²) in [7, 11) is 3.89. The highest BCUT2D eigenvalue weighted by Gasteiger charge is 2.44. The Kier molecular flexibility index (Phi) is 5.06. The lowest BCUT2D eigenvalue weighted by Crippen LogP contribution is -2.48. The van der Waals surface area contributed by atoms with Crippen molar-refractivity contribution in [3.63, 3.8) is 0 Å². The molecule has 1 aliphatic heterocycles. The molecule has 0 saturated carbocycles. The van der Waals surface area contributed by atoms with Gasteiger partial charge in [0, 0.05) is 49.9 Å². The first-order chi connectivity index (χ1) is 12.6. The molecule has 146 valence electrons. The summed E-state index contributed by atoms with van der Waals surface area (Å²) < 4.78 is 5.53. The normalized spacial score (nSPS) is 20.6. The minimum absolute atomic E-state index is 0.0924. The van der Waals surface area contributed by atoms with Gasteiger partial charge < -0.3 is 14.5 Å². The zero-order valence-corrected chi connectivity index (χ0v) is 17.0. The average Bonchev–Trinajstić information content (AvgIpc) is 2.58. The van der Waals surface area contributed by atoms with Crippen LogP contribution in [0.15, 0.2) is 36.0 Å². The number of piperidine rings is 1. The van der Waals surface area contributed by atoms with Crippen molar-refractivity contribution in [1.82, 2.24) is 9.80 Å². The lowest BCUT2D eigenvalue weighted by Gasteiger charge is -2.45. The van der Waals surface area contributed by atoms with Crippen LogP contribution in [0, 0.1) is 0 Å². The predicted molar refractivity (Wildman–Crippen MR) is 106 cm³/mol. The van der Waals surface area contributed by atoms with Crippen LogP contribution in [0.4, 0.5) is 4.79 Å². The van der Waals surface area contributed by atoms with Crippen LogP contribution in [0.2, 0.25) is 0 Å². The molecular weight excluding hydrogens is 340 g/mol. The van der Waals surface area contributed by atoms with E-state index < -0.39 is 5.60 Å². The Morgan fingerprint density at radius 2 is 1.81 bits per heavy atom. The van der Waals surface area contributed by atoms with Crippen molar-refractivity contribution in [3.05, 3.63) is 47.2 Å². The van der Waals surface area contributed by atoms with Crippen molar-refractivity contribution < 1.29 is 14.3 Å². The van der Waals surface area contributed by atoms with Gasteiger partial charge in [0.15, 0.2) is 5.78 Å². The van der Waals surface area contributed by atoms with E-state index in [-0.39, 0.29) is 17.3 Å². The second-order valence-electron chi connectivity index (χ2n) is 8.92. The van der Waals surface area contributed by atoms with Crippen LogP contribution in [0.5, 0.6) is 0 Å². The lowest BCUT2D eigenvalue weighted by molar-refractivity contribution is 0.0160. The van der Waals surface area contributed by atoms with Gasteiger partial charge in [0.25, 0.3) is 0 Å². The van der Waals surface area contributed by atoms with Gasteiger partial charge in [-0.05, 0) is 45.6 Å². The van der Waals surface area contributed by atoms with Crippen molar-refractivity contribution in [3.8, 4) is 0 Å². The van der Waals surface area contributed by atoms with Crippen LogP contribution in [-0.4, -0.2) is 54.5 Å². The second kappa shape index (κ2) is 7.02. The number of nitrogens with zero attached hydrogens (tertiary/aromatic N) is 2. The Morgan fingerprint density at radius 1 is 1.19 bits per heavy atom. The van der Waals surface area contributed by atoms with Gasteiger partial charge in [-0.25, -0.2) is 4.79 Å². The first kappa shape index (κ1) is 19.5. The third kappa shape index (κ3) is 4.02. The molecule has 0 atom stereocenters. The zero-order chi connectivity index (χ0) is 19.8. The average molecular weight is 370 g/mol. The molecule has 27 heavy (non-hydrogen) atoms. The number of hydrogen-bond acceptors (Lipinski definition) is 4. The summed E-state index contributed by atoms with van der Waals surface area (Å²) in [6.07, 6.45) is 4.09. The molecule has 1 aromatic carbocycles. The molecule has 0 radical (unpaired) electrons. The van der Waals surface area contributed by atoms with E-state index in [4.69, 9.17) is 4.74 Å². The molecule has 3 rings (SSSR count). The molecule has 1 aromatic rings. The quantitative estimate of drug-likeness (QED) is 0.702. The number of ether oxygens (including phenoxy) is 1. The molecule has 0 unspecified atom stereocenters. The summed E-state index contributed by atoms with van der Waals surface area (Å²) in [5.41, 5.74) is 2.21. The van der Waals surface area contributed by atoms with E-state index in [0.29, 0.717) is 13.1 Å². The standard InChI is InChI=1S/C22H30N2O3/c1-21(2,3)27-20(26)24-12-10-22(11-13-24)14-16(15-23(4)5)19(25)17-8-6-7-9-18(17)22/h6-9,15H,10-14H2,1-5H3. The predicted octanol–water partition coefficient (Wildman–Crippen LogP) is 3.99. The van der Waals surface area contributed by atoms with Gasteiger partial charge in [-0.3, -0.25) is 4.79 Å². The highest BCUT2D eigenvalue weighted by atomic mass is 16.6. The van der Waals surface area contributed by atoms with Crippen molar-refractivity contribution in [2.75, 3.05) is 27.2 Å². The number of carbonyl (C=O) groups excluding carboxylic acids is 2. The zero-order valence-electron chi connectivity index (χ0n) is 17.0. The molecule has 5 heteroatoms. The molecule has 1 aliphatic carbocycles. The van der Waals surface area contributed by atoms with Crippen LogP contribution in [-0.2, 0) is 10.2 Å². The van der Waals surface area contributed by atoms with Gasteiger partial charge in [0.2, 0.25) is 0 Å². The van der Waals surface area contributed by atoms with Crippen LogP contribution in [0.3, 0.4) is 0 Å². The number of rotatable bonds is 1. The fraction of sp³-hybridized carbons (Fsp3) is 0.545. The monoisotopic (exact) mass is 370 g/mol. The Bertz CT molecular complexity index is 766. The van der Waals surface area contributed by atoms with E-state index in [1.165, 1.54) is 0 Å². The number of likely N-dealkylation sites (tertiary alicyclic amines) is 1. The van der Waals surface area contributed by atoms with Gasteiger partial charge in [-0.2, -0.15) is 0 Å². The molecule has 0 aromatic heterocycles. The number of benzene rings is 1. The molecule has 1 saturated heterocycles. The van der Waals surface area contributed by atoms with E-state index in [9.17, 15) is 9.59 Å².